The Balaban J connectivity index is 2.38. The van der Waals surface area contributed by atoms with Crippen molar-refractivity contribution < 1.29 is 0 Å². The highest BCUT2D eigenvalue weighted by Crippen LogP contribution is 2.36. The van der Waals surface area contributed by atoms with Gasteiger partial charge in [-0.25, -0.2) is 0 Å². The molecule has 0 radical (unpaired) electrons. The third-order valence-corrected chi connectivity index (χ3v) is 3.37. The molecule has 1 atom stereocenters. The summed E-state index contributed by atoms with van der Waals surface area (Å²) < 4.78 is 0. The SMILES string of the molecule is CN1CCCC1(CN)c1ccncc1. The Labute approximate surface area is 84.9 Å². The van der Waals surface area contributed by atoms with Crippen LogP contribution in [0, 0.1) is 0 Å². The molecule has 3 nitrogen and oxygen atoms in total. The van der Waals surface area contributed by atoms with Gasteiger partial charge in [-0.2, -0.15) is 0 Å². The zero-order valence-electron chi connectivity index (χ0n) is 8.61. The molecule has 2 N–H and O–H groups in total. The molecule has 0 aliphatic carbocycles. The summed E-state index contributed by atoms with van der Waals surface area (Å²) in [4.78, 5) is 6.41. The average molecular weight is 191 g/mol. The van der Waals surface area contributed by atoms with Gasteiger partial charge in [0.25, 0.3) is 0 Å². The highest BCUT2D eigenvalue weighted by atomic mass is 15.2. The summed E-state index contributed by atoms with van der Waals surface area (Å²) in [5.41, 5.74) is 7.29. The molecule has 1 aliphatic rings. The molecule has 0 amide bonds. The first-order chi connectivity index (χ1) is 6.79. The van der Waals surface area contributed by atoms with Crippen molar-refractivity contribution in [2.45, 2.75) is 18.4 Å². The number of nitrogens with two attached hydrogens (primary N) is 1. The molecule has 1 aromatic heterocycles. The second-order valence-corrected chi connectivity index (χ2v) is 4.00. The number of nitrogens with zero attached hydrogens (tertiary/aromatic N) is 2. The Morgan fingerprint density at radius 1 is 1.50 bits per heavy atom. The van der Waals surface area contributed by atoms with E-state index in [4.69, 9.17) is 5.73 Å². The topological polar surface area (TPSA) is 42.1 Å². The third-order valence-electron chi connectivity index (χ3n) is 3.37. The fourth-order valence-electron chi connectivity index (χ4n) is 2.42. The molecule has 1 fully saturated rings. The van der Waals surface area contributed by atoms with E-state index < -0.39 is 0 Å². The van der Waals surface area contributed by atoms with Crippen molar-refractivity contribution in [1.82, 2.24) is 9.88 Å². The molecule has 1 unspecified atom stereocenters. The lowest BCUT2D eigenvalue weighted by atomic mass is 9.88. The van der Waals surface area contributed by atoms with E-state index in [1.165, 1.54) is 12.0 Å². The predicted octanol–water partition coefficient (Wildman–Crippen LogP) is 0.961. The van der Waals surface area contributed by atoms with Gasteiger partial charge in [0.2, 0.25) is 0 Å². The summed E-state index contributed by atoms with van der Waals surface area (Å²) in [6, 6.07) is 4.16. The molecule has 0 aromatic carbocycles. The fraction of sp³-hybridized carbons (Fsp3) is 0.545. The van der Waals surface area contributed by atoms with Crippen LogP contribution in [0.25, 0.3) is 0 Å². The van der Waals surface area contributed by atoms with Gasteiger partial charge in [-0.05, 0) is 44.1 Å². The summed E-state index contributed by atoms with van der Waals surface area (Å²) >= 11 is 0. The molecule has 1 saturated heterocycles. The minimum absolute atomic E-state index is 0.0585. The Kier molecular flexibility index (Phi) is 2.52. The van der Waals surface area contributed by atoms with Crippen molar-refractivity contribution in [3.63, 3.8) is 0 Å². The van der Waals surface area contributed by atoms with Crippen LogP contribution in [0.5, 0.6) is 0 Å². The molecular weight excluding hydrogens is 174 g/mol. The van der Waals surface area contributed by atoms with E-state index in [0.29, 0.717) is 6.54 Å². The van der Waals surface area contributed by atoms with Gasteiger partial charge in [0.1, 0.15) is 0 Å². The number of aromatic nitrogens is 1. The maximum atomic E-state index is 5.93. The van der Waals surface area contributed by atoms with Crippen LogP contribution in [0.15, 0.2) is 24.5 Å². The minimum atomic E-state index is 0.0585. The molecule has 14 heavy (non-hydrogen) atoms. The van der Waals surface area contributed by atoms with Crippen molar-refractivity contribution in [3.05, 3.63) is 30.1 Å². The fourth-order valence-corrected chi connectivity index (χ4v) is 2.42. The Morgan fingerprint density at radius 3 is 2.71 bits per heavy atom. The standard InChI is InChI=1S/C11H17N3/c1-14-8-2-5-11(14,9-12)10-3-6-13-7-4-10/h3-4,6-7H,2,5,8-9,12H2,1H3. The van der Waals surface area contributed by atoms with Crippen LogP contribution in [0.1, 0.15) is 18.4 Å². The van der Waals surface area contributed by atoms with E-state index in [0.717, 1.165) is 13.0 Å². The maximum Gasteiger partial charge on any atom is 0.0582 e. The van der Waals surface area contributed by atoms with Crippen LogP contribution in [-0.4, -0.2) is 30.0 Å². The molecule has 0 bridgehead atoms. The van der Waals surface area contributed by atoms with Gasteiger partial charge in [-0.15, -0.1) is 0 Å². The maximum absolute atomic E-state index is 5.93. The van der Waals surface area contributed by atoms with Crippen LogP contribution < -0.4 is 5.73 Å². The molecule has 1 aliphatic heterocycles. The number of likely N-dealkylation sites (N-methyl/N-ethyl adjacent to an activating group) is 1. The van der Waals surface area contributed by atoms with E-state index in [1.54, 1.807) is 0 Å². The summed E-state index contributed by atoms with van der Waals surface area (Å²) in [5, 5.41) is 0. The largest absolute Gasteiger partial charge is 0.328 e. The van der Waals surface area contributed by atoms with Gasteiger partial charge < -0.3 is 5.73 Å². The Morgan fingerprint density at radius 2 is 2.21 bits per heavy atom. The molecule has 2 rings (SSSR count). The van der Waals surface area contributed by atoms with Gasteiger partial charge in [0.05, 0.1) is 5.54 Å². The number of hydrogen-bond acceptors (Lipinski definition) is 3. The number of likely N-dealkylation sites (tertiary alicyclic amines) is 1. The lowest BCUT2D eigenvalue weighted by Crippen LogP contribution is -2.44. The Bertz CT molecular complexity index is 299. The van der Waals surface area contributed by atoms with Crippen LogP contribution in [0.4, 0.5) is 0 Å². The van der Waals surface area contributed by atoms with Gasteiger partial charge in [-0.1, -0.05) is 0 Å². The van der Waals surface area contributed by atoms with Crippen molar-refractivity contribution in [2.24, 2.45) is 5.73 Å². The van der Waals surface area contributed by atoms with Crippen molar-refractivity contribution in [1.29, 1.82) is 0 Å². The molecular formula is C11H17N3. The minimum Gasteiger partial charge on any atom is -0.328 e. The predicted molar refractivity (Wildman–Crippen MR) is 56.8 cm³/mol. The summed E-state index contributed by atoms with van der Waals surface area (Å²) in [6.45, 7) is 1.83. The van der Waals surface area contributed by atoms with Crippen molar-refractivity contribution in [3.8, 4) is 0 Å². The second kappa shape index (κ2) is 3.67. The number of hydrogen-bond donors (Lipinski definition) is 1. The zero-order valence-corrected chi connectivity index (χ0v) is 8.61. The molecule has 76 valence electrons. The lowest BCUT2D eigenvalue weighted by Gasteiger charge is -2.35. The first kappa shape index (κ1) is 9.62. The molecule has 3 heteroatoms. The van der Waals surface area contributed by atoms with Crippen LogP contribution in [0.3, 0.4) is 0 Å². The highest BCUT2D eigenvalue weighted by Gasteiger charge is 2.38. The third kappa shape index (κ3) is 1.33. The zero-order chi connectivity index (χ0) is 10.0. The second-order valence-electron chi connectivity index (χ2n) is 4.00. The first-order valence-electron chi connectivity index (χ1n) is 5.11. The van der Waals surface area contributed by atoms with Crippen LogP contribution in [-0.2, 0) is 5.54 Å². The summed E-state index contributed by atoms with van der Waals surface area (Å²) in [6.07, 6.45) is 6.08. The number of pyridine rings is 1. The van der Waals surface area contributed by atoms with Crippen molar-refractivity contribution >= 4 is 0 Å². The average Bonchev–Trinajstić information content (AvgIpc) is 2.62. The van der Waals surface area contributed by atoms with E-state index in [1.807, 2.05) is 12.4 Å². The van der Waals surface area contributed by atoms with E-state index >= 15 is 0 Å². The molecule has 0 saturated carbocycles. The van der Waals surface area contributed by atoms with E-state index in [9.17, 15) is 0 Å². The smallest absolute Gasteiger partial charge is 0.0582 e. The lowest BCUT2D eigenvalue weighted by molar-refractivity contribution is 0.183. The molecule has 1 aromatic rings. The van der Waals surface area contributed by atoms with Crippen LogP contribution in [0.2, 0.25) is 0 Å². The molecule has 2 heterocycles. The number of rotatable bonds is 2. The van der Waals surface area contributed by atoms with Crippen molar-refractivity contribution in [2.75, 3.05) is 20.1 Å². The summed E-state index contributed by atoms with van der Waals surface area (Å²) in [5.74, 6) is 0. The van der Waals surface area contributed by atoms with Gasteiger partial charge in [0, 0.05) is 18.9 Å². The first-order valence-corrected chi connectivity index (χ1v) is 5.11. The quantitative estimate of drug-likeness (QED) is 0.757. The van der Waals surface area contributed by atoms with E-state index in [2.05, 4.69) is 29.1 Å². The van der Waals surface area contributed by atoms with Gasteiger partial charge in [0.15, 0.2) is 0 Å². The normalized spacial score (nSPS) is 28.1. The highest BCUT2D eigenvalue weighted by molar-refractivity contribution is 5.24. The van der Waals surface area contributed by atoms with Gasteiger partial charge >= 0.3 is 0 Å². The Hall–Kier alpha value is -0.930. The monoisotopic (exact) mass is 191 g/mol. The summed E-state index contributed by atoms with van der Waals surface area (Å²) in [7, 11) is 2.15. The van der Waals surface area contributed by atoms with Gasteiger partial charge in [-0.3, -0.25) is 9.88 Å². The molecule has 0 spiro atoms. The van der Waals surface area contributed by atoms with Crippen LogP contribution >= 0.6 is 0 Å². The van der Waals surface area contributed by atoms with E-state index in [-0.39, 0.29) is 5.54 Å².